The summed E-state index contributed by atoms with van der Waals surface area (Å²) >= 11 is 0. The van der Waals surface area contributed by atoms with E-state index in [0.29, 0.717) is 5.92 Å². The molecule has 0 amide bonds. The zero-order valence-electron chi connectivity index (χ0n) is 10.7. The second-order valence-corrected chi connectivity index (χ2v) is 5.46. The molecule has 2 atom stereocenters. The highest BCUT2D eigenvalue weighted by molar-refractivity contribution is 5.91. The topological polar surface area (TPSA) is 26.3 Å². The summed E-state index contributed by atoms with van der Waals surface area (Å²) in [6, 6.07) is 0. The normalized spacial score (nSPS) is 32.2. The van der Waals surface area contributed by atoms with Crippen molar-refractivity contribution in [3.05, 3.63) is 33.9 Å². The van der Waals surface area contributed by atoms with Gasteiger partial charge in [0.25, 0.3) is 0 Å². The molecule has 0 saturated heterocycles. The minimum Gasteiger partial charge on any atom is -0.454 e. The molecule has 0 aromatic heterocycles. The number of carbonyl (C=O) groups excluding carboxylic acids is 1. The van der Waals surface area contributed by atoms with E-state index >= 15 is 0 Å². The third kappa shape index (κ3) is 1.50. The van der Waals surface area contributed by atoms with Gasteiger partial charge in [-0.15, -0.1) is 0 Å². The zero-order valence-corrected chi connectivity index (χ0v) is 10.7. The number of hydrogen-bond acceptors (Lipinski definition) is 2. The molecular weight excluding hydrogens is 212 g/mol. The first-order valence-electron chi connectivity index (χ1n) is 6.33. The highest BCUT2D eigenvalue weighted by Gasteiger charge is 2.38. The summed E-state index contributed by atoms with van der Waals surface area (Å²) in [5, 5.41) is 0. The quantitative estimate of drug-likeness (QED) is 0.471. The number of esters is 1. The van der Waals surface area contributed by atoms with E-state index in [-0.39, 0.29) is 12.1 Å². The van der Waals surface area contributed by atoms with Gasteiger partial charge >= 0.3 is 5.97 Å². The Morgan fingerprint density at radius 2 is 1.94 bits per heavy atom. The van der Waals surface area contributed by atoms with Crippen LogP contribution in [-0.4, -0.2) is 12.1 Å². The highest BCUT2D eigenvalue weighted by atomic mass is 16.5. The van der Waals surface area contributed by atoms with Gasteiger partial charge in [0.2, 0.25) is 0 Å². The minimum absolute atomic E-state index is 0.0217. The Hall–Kier alpha value is -1.31. The smallest absolute Gasteiger partial charge is 0.334 e. The predicted molar refractivity (Wildman–Crippen MR) is 66.4 cm³/mol. The molecule has 0 spiro atoms. The van der Waals surface area contributed by atoms with Gasteiger partial charge < -0.3 is 4.74 Å². The van der Waals surface area contributed by atoms with E-state index in [1.54, 1.807) is 5.57 Å². The first-order valence-corrected chi connectivity index (χ1v) is 6.33. The highest BCUT2D eigenvalue weighted by Crippen LogP contribution is 2.45. The van der Waals surface area contributed by atoms with Crippen molar-refractivity contribution in [2.24, 2.45) is 5.92 Å². The monoisotopic (exact) mass is 230 g/mol. The SMILES string of the molecule is CC1=CCC2=C(C)C[C@@H]3OC(=O)C(C)=C3C[C@@H]12. The summed E-state index contributed by atoms with van der Waals surface area (Å²) in [5.41, 5.74) is 6.53. The van der Waals surface area contributed by atoms with Gasteiger partial charge in [0.05, 0.1) is 0 Å². The van der Waals surface area contributed by atoms with Crippen LogP contribution in [0.2, 0.25) is 0 Å². The number of ether oxygens (including phenoxy) is 1. The average Bonchev–Trinajstić information content (AvgIpc) is 2.71. The van der Waals surface area contributed by atoms with Gasteiger partial charge in [-0.25, -0.2) is 4.79 Å². The summed E-state index contributed by atoms with van der Waals surface area (Å²) in [5.74, 6) is 0.417. The molecule has 0 aromatic carbocycles. The largest absolute Gasteiger partial charge is 0.454 e. The molecule has 1 heterocycles. The second kappa shape index (κ2) is 3.59. The Labute approximate surface area is 102 Å². The molecule has 3 rings (SSSR count). The Bertz CT molecular complexity index is 491. The Kier molecular flexibility index (Phi) is 2.29. The van der Waals surface area contributed by atoms with E-state index in [2.05, 4.69) is 19.9 Å². The van der Waals surface area contributed by atoms with Crippen LogP contribution < -0.4 is 0 Å². The van der Waals surface area contributed by atoms with Crippen molar-refractivity contribution in [1.29, 1.82) is 0 Å². The van der Waals surface area contributed by atoms with E-state index in [1.807, 2.05) is 6.92 Å². The van der Waals surface area contributed by atoms with Gasteiger partial charge in [-0.3, -0.25) is 0 Å². The lowest BCUT2D eigenvalue weighted by atomic mass is 9.89. The fraction of sp³-hybridized carbons (Fsp3) is 0.533. The van der Waals surface area contributed by atoms with Gasteiger partial charge in [0, 0.05) is 17.9 Å². The zero-order chi connectivity index (χ0) is 12.2. The molecule has 0 unspecified atom stereocenters. The Morgan fingerprint density at radius 1 is 1.18 bits per heavy atom. The first kappa shape index (κ1) is 10.8. The van der Waals surface area contributed by atoms with Crippen molar-refractivity contribution in [3.63, 3.8) is 0 Å². The van der Waals surface area contributed by atoms with Crippen molar-refractivity contribution in [2.75, 3.05) is 0 Å². The van der Waals surface area contributed by atoms with Crippen molar-refractivity contribution in [2.45, 2.75) is 46.1 Å². The summed E-state index contributed by atoms with van der Waals surface area (Å²) < 4.78 is 5.46. The second-order valence-electron chi connectivity index (χ2n) is 5.46. The summed E-state index contributed by atoms with van der Waals surface area (Å²) in [4.78, 5) is 11.6. The Balaban J connectivity index is 2.03. The third-order valence-electron chi connectivity index (χ3n) is 4.50. The van der Waals surface area contributed by atoms with Crippen LogP contribution in [0.1, 0.15) is 40.0 Å². The van der Waals surface area contributed by atoms with Crippen LogP contribution in [0.4, 0.5) is 0 Å². The number of rotatable bonds is 0. The average molecular weight is 230 g/mol. The van der Waals surface area contributed by atoms with Gasteiger partial charge in [0.1, 0.15) is 6.10 Å². The minimum atomic E-state index is -0.110. The lowest BCUT2D eigenvalue weighted by Gasteiger charge is -2.15. The first-order chi connectivity index (χ1) is 8.08. The summed E-state index contributed by atoms with van der Waals surface area (Å²) in [6.07, 6.45) is 5.32. The molecule has 0 radical (unpaired) electrons. The van der Waals surface area contributed by atoms with E-state index < -0.39 is 0 Å². The van der Waals surface area contributed by atoms with E-state index in [1.165, 1.54) is 16.7 Å². The molecule has 3 aliphatic rings. The number of hydrogen-bond donors (Lipinski definition) is 0. The van der Waals surface area contributed by atoms with Gasteiger partial charge in [-0.05, 0) is 39.2 Å². The van der Waals surface area contributed by atoms with E-state index in [9.17, 15) is 4.79 Å². The lowest BCUT2D eigenvalue weighted by molar-refractivity contribution is -0.139. The molecule has 0 N–H and O–H groups in total. The van der Waals surface area contributed by atoms with Crippen LogP contribution in [0.3, 0.4) is 0 Å². The fourth-order valence-electron chi connectivity index (χ4n) is 3.33. The molecule has 2 aliphatic carbocycles. The van der Waals surface area contributed by atoms with Gasteiger partial charge in [0.15, 0.2) is 0 Å². The van der Waals surface area contributed by atoms with Crippen molar-refractivity contribution in [1.82, 2.24) is 0 Å². The summed E-state index contributed by atoms with van der Waals surface area (Å²) in [7, 11) is 0. The molecule has 90 valence electrons. The van der Waals surface area contributed by atoms with Crippen molar-refractivity contribution in [3.8, 4) is 0 Å². The molecule has 0 saturated carbocycles. The van der Waals surface area contributed by atoms with Crippen molar-refractivity contribution >= 4 is 5.97 Å². The number of allylic oxidation sites excluding steroid dienone is 3. The molecular formula is C15H18O2. The van der Waals surface area contributed by atoms with Crippen LogP contribution in [0.15, 0.2) is 33.9 Å². The fourth-order valence-corrected chi connectivity index (χ4v) is 3.33. The standard InChI is InChI=1S/C15H18O2/c1-8-4-5-11-9(2)6-14-13(7-12(8)11)10(3)15(16)17-14/h4,12,14H,5-7H2,1-3H3/t12-,14-/m0/s1. The van der Waals surface area contributed by atoms with Crippen LogP contribution in [0, 0.1) is 5.92 Å². The van der Waals surface area contributed by atoms with Gasteiger partial charge in [-0.1, -0.05) is 22.8 Å². The third-order valence-corrected chi connectivity index (χ3v) is 4.50. The molecule has 2 heteroatoms. The van der Waals surface area contributed by atoms with Crippen LogP contribution in [-0.2, 0) is 9.53 Å². The molecule has 17 heavy (non-hydrogen) atoms. The van der Waals surface area contributed by atoms with Crippen LogP contribution in [0.25, 0.3) is 0 Å². The van der Waals surface area contributed by atoms with E-state index in [0.717, 1.165) is 24.8 Å². The molecule has 0 bridgehead atoms. The molecule has 0 aromatic rings. The summed E-state index contributed by atoms with van der Waals surface area (Å²) in [6.45, 7) is 6.31. The predicted octanol–water partition coefficient (Wildman–Crippen LogP) is 3.30. The van der Waals surface area contributed by atoms with Crippen LogP contribution >= 0.6 is 0 Å². The molecule has 1 aliphatic heterocycles. The number of fused-ring (bicyclic) bond motifs is 2. The molecule has 0 fully saturated rings. The maximum atomic E-state index is 11.6. The Morgan fingerprint density at radius 3 is 2.71 bits per heavy atom. The maximum Gasteiger partial charge on any atom is 0.334 e. The number of carbonyl (C=O) groups is 1. The van der Waals surface area contributed by atoms with Gasteiger partial charge in [-0.2, -0.15) is 0 Å². The van der Waals surface area contributed by atoms with Crippen LogP contribution in [0.5, 0.6) is 0 Å². The lowest BCUT2D eigenvalue weighted by Crippen LogP contribution is -2.11. The van der Waals surface area contributed by atoms with Crippen molar-refractivity contribution < 1.29 is 9.53 Å². The maximum absolute atomic E-state index is 11.6. The van der Waals surface area contributed by atoms with E-state index in [4.69, 9.17) is 4.74 Å². The molecule has 2 nitrogen and oxygen atoms in total.